The van der Waals surface area contributed by atoms with Gasteiger partial charge in [-0.15, -0.1) is 23.2 Å². The monoisotopic (exact) mass is 986 g/mol. The van der Waals surface area contributed by atoms with Crippen LogP contribution in [0.1, 0.15) is 364 Å². The molecule has 0 bridgehead atoms. The fourth-order valence-electron chi connectivity index (χ4n) is 9.77. The number of carbonyl (C=O) groups is 3. The van der Waals surface area contributed by atoms with Gasteiger partial charge in [0.15, 0.2) is 17.2 Å². The molecule has 0 aliphatic heterocycles. The molecule has 1 aromatic rings. The molecule has 610 valence electrons. The second kappa shape index (κ2) is 9.84. The summed E-state index contributed by atoms with van der Waals surface area (Å²) in [6.45, 7) is 11.4. The van der Waals surface area contributed by atoms with E-state index in [-0.39, 0.29) is 315 Å². The van der Waals surface area contributed by atoms with Crippen molar-refractivity contribution in [3.63, 3.8) is 0 Å². The van der Waals surface area contributed by atoms with Gasteiger partial charge in [0, 0.05) is 296 Å². The second-order valence-corrected chi connectivity index (χ2v) is 13.8. The standard InChI is InChI=1S/C32H40Cl2O6.196H2/c1-7-29-16-17(3)24(35)15-21(29)11-12-22-23-14-18(4)32(27(37)20(6)33,40-28(38)25-10-9-13-39-25)30(23,8-2)19(5)26(36)31(22,29)34;;;;;;;;;;;;;;;;;;;;;;;;;;;;;;;;;;;;;;;;;;;;;;;;;;;;;;;;;;;;;;;;;;;;;;;;;;;;;;;;;;;;;;;;;;;;;;;;;;;;;;;;;;;;;;;;;;;;;;;;;;;;;;;;;;;;;;;;;;;;;;;;;;;;;;;;;;;;;;;;;;;;;;;;;;;;;;;;;;;;;;;;;;;;;;;;;;;;/h9-10,13,15-16,18-20,22-23,26,36H,7-8,11-12,14H2,1-6H3;196*1H/t18-,19?,20?,22+,23-,26+,29?,30+,31+,32+;;;;;;;;;;;;;;;;;;;;;;;;;;;;;;;;;;;;;;;;;;;;;;;;;;;;;;;;;;;;;;;;;;;;;;;;;;;;;;;;;;;;;;;;;;;;;;;;;;;;;;;;;;;;;;;;;;;;;;;;;;;;;;;;;;;;;;;;;;;;;;;;;;;;;;;;;;;;;;;;;;;;;;;;;;;;;;;;;;;;;;;;;;;;;;;;;;;;/m1..................................................................................................................................................................................................../s1/i36D;;;;;;;;;;;;;;;;;;;;;;;;;;;;;;;;;;;;;;;;;;;;;;;;;;;;;;;;;;;;;;;;;;;;;;;;;;;;;;;;;;;;;;;;;;;;;;;;;;;;;;;;;;;;;;;;;;;;;;;;;;;;;;;;;;;;;;;;;;;;;;;;;;;;;;;;;;;;;;;;;;;;;;;;;;;;;;;;;;;;;;;;;;;;;;;;;;;;. The molecule has 5 rings (SSSR count). The number of aliphatic hydroxyl groups is 1. The maximum atomic E-state index is 14.4. The topological polar surface area (TPSA) is 93.8 Å². The average molecular weight is 988 g/mol. The number of fused-ring (bicyclic) bond motifs is 5. The molecular formula is C32H432Cl2O6. The molecule has 1 heterocycles. The molecule has 3 saturated carbocycles. The van der Waals surface area contributed by atoms with Crippen molar-refractivity contribution in [2.24, 2.45) is 34.5 Å². The van der Waals surface area contributed by atoms with Crippen LogP contribution in [-0.2, 0) is 14.3 Å². The number of carbonyl (C=O) groups excluding carboxylic acids is 3. The number of halogens is 2. The highest BCUT2D eigenvalue weighted by Crippen LogP contribution is 2.75. The van der Waals surface area contributed by atoms with Gasteiger partial charge in [-0.1, -0.05) is 39.3 Å². The van der Waals surface area contributed by atoms with Crippen molar-refractivity contribution in [2.45, 2.75) is 95.6 Å². The van der Waals surface area contributed by atoms with E-state index < -0.39 is 44.7 Å². The predicted octanol–water partition coefficient (Wildman–Crippen LogP) is 54.9. The summed E-state index contributed by atoms with van der Waals surface area (Å²) >= 11 is 14.5. The van der Waals surface area contributed by atoms with E-state index in [2.05, 4.69) is 6.92 Å². The predicted molar refractivity (Wildman–Crippen MR) is 568 cm³/mol. The summed E-state index contributed by atoms with van der Waals surface area (Å²) in [5.74, 6) is -2.26. The first-order valence-electron chi connectivity index (χ1n) is 15.0. The van der Waals surface area contributed by atoms with Gasteiger partial charge in [-0.05, 0) is 87.5 Å². The van der Waals surface area contributed by atoms with Gasteiger partial charge in [0.1, 0.15) is 0 Å². The minimum absolute atomic E-state index is 0. The normalized spacial score (nSPS) is 43.5. The van der Waals surface area contributed by atoms with Crippen LogP contribution in [0.15, 0.2) is 46.1 Å². The molecule has 4 aliphatic carbocycles. The first-order valence-corrected chi connectivity index (χ1v) is 15.4. The Morgan fingerprint density at radius 2 is 2.02 bits per heavy atom. The van der Waals surface area contributed by atoms with Crippen molar-refractivity contribution in [2.75, 3.05) is 0 Å². The van der Waals surface area contributed by atoms with Gasteiger partial charge in [0.2, 0.25) is 7.19 Å². The van der Waals surface area contributed by atoms with Gasteiger partial charge in [-0.2, -0.15) is 0 Å². The van der Waals surface area contributed by atoms with Crippen molar-refractivity contribution < 1.29 is 308 Å². The zero-order chi connectivity index (χ0) is 30.1. The lowest BCUT2D eigenvalue weighted by atomic mass is 9.41. The molecule has 40 heavy (non-hydrogen) atoms. The summed E-state index contributed by atoms with van der Waals surface area (Å²) in [5, 5.41) is 4.74. The van der Waals surface area contributed by atoms with Gasteiger partial charge in [-0.3, -0.25) is 9.59 Å². The van der Waals surface area contributed by atoms with E-state index >= 15 is 0 Å². The Bertz CT molecular complexity index is 1450. The third kappa shape index (κ3) is 3.42. The van der Waals surface area contributed by atoms with Crippen LogP contribution in [-0.4, -0.2) is 46.0 Å². The lowest BCUT2D eigenvalue weighted by molar-refractivity contribution is -0.208. The van der Waals surface area contributed by atoms with E-state index in [9.17, 15) is 14.4 Å². The summed E-state index contributed by atoms with van der Waals surface area (Å²) < 4.78 is 20.2. The molecule has 4 aliphatic rings. The summed E-state index contributed by atoms with van der Waals surface area (Å²) in [7, 11) is 0. The van der Waals surface area contributed by atoms with E-state index in [1.54, 1.807) is 19.1 Å². The minimum Gasteiger partial charge on any atom is -0.457 e. The smallest absolute Gasteiger partial charge is 0.375 e. The molecule has 0 amide bonds. The average Bonchev–Trinajstić information content (AvgIpc) is 3.56. The Morgan fingerprint density at radius 1 is 1.30 bits per heavy atom. The highest BCUT2D eigenvalue weighted by atomic mass is 35.5. The second-order valence-electron chi connectivity index (χ2n) is 12.5. The van der Waals surface area contributed by atoms with E-state index in [1.165, 1.54) is 12.3 Å². The maximum absolute atomic E-state index is 14.4. The zero-order valence-corrected chi connectivity index (χ0v) is 25.6. The van der Waals surface area contributed by atoms with Crippen LogP contribution >= 0.6 is 23.2 Å². The van der Waals surface area contributed by atoms with Crippen molar-refractivity contribution in [1.82, 2.24) is 0 Å². The molecule has 10 atom stereocenters. The van der Waals surface area contributed by atoms with E-state index in [1.807, 2.05) is 33.8 Å². The van der Waals surface area contributed by atoms with E-state index in [0.29, 0.717) is 37.7 Å². The van der Waals surface area contributed by atoms with Crippen molar-refractivity contribution in [1.29, 1.82) is 1.43 Å². The van der Waals surface area contributed by atoms with Crippen molar-refractivity contribution in [3.8, 4) is 0 Å². The zero-order valence-electron chi connectivity index (χ0n) is 25.1. The molecule has 0 radical (unpaired) electrons. The van der Waals surface area contributed by atoms with Crippen LogP contribution in [0.2, 0.25) is 0 Å². The highest BCUT2D eigenvalue weighted by Gasteiger charge is 2.80. The van der Waals surface area contributed by atoms with Gasteiger partial charge in [0.25, 0.3) is 0 Å². The number of aliphatic hydroxyl groups excluding tert-OH is 1. The van der Waals surface area contributed by atoms with Crippen molar-refractivity contribution >= 4 is 40.7 Å². The lowest BCUT2D eigenvalue weighted by Gasteiger charge is -2.67. The number of alkyl halides is 2. The van der Waals surface area contributed by atoms with Gasteiger partial charge in [-0.25, -0.2) is 4.79 Å². The van der Waals surface area contributed by atoms with Gasteiger partial charge in [0.05, 0.1) is 22.6 Å². The molecule has 6 nitrogen and oxygen atoms in total. The quantitative estimate of drug-likeness (QED) is 0.216. The number of hydrogen-bond acceptors (Lipinski definition) is 6. The molecule has 8 heteroatoms. The van der Waals surface area contributed by atoms with Gasteiger partial charge < -0.3 is 14.3 Å². The number of allylic oxidation sites excluding steroid dienone is 4. The fourth-order valence-corrected chi connectivity index (χ4v) is 10.7. The number of ether oxygens (including phenoxy) is 1. The molecule has 0 aromatic carbocycles. The Kier molecular flexibility index (Phi) is 6.95. The van der Waals surface area contributed by atoms with Crippen LogP contribution in [0.3, 0.4) is 0 Å². The molecule has 0 saturated heterocycles. The van der Waals surface area contributed by atoms with Crippen LogP contribution in [0, 0.1) is 34.5 Å². The molecule has 1 aromatic heterocycles. The summed E-state index contributed by atoms with van der Waals surface area (Å²) in [6.07, 6.45) is 7.34. The van der Waals surface area contributed by atoms with Crippen LogP contribution in [0.4, 0.5) is 0 Å². The number of hydrogen-bond donors (Lipinski definition) is 1. The first-order chi connectivity index (χ1) is 19.3. The van der Waals surface area contributed by atoms with Crippen LogP contribution < -0.4 is 0 Å². The molecule has 0 spiro atoms. The summed E-state index contributed by atoms with van der Waals surface area (Å²) in [4.78, 5) is 39.7. The number of rotatable bonds is 7. The Morgan fingerprint density at radius 3 is 2.60 bits per heavy atom. The highest BCUT2D eigenvalue weighted by molar-refractivity contribution is 6.32. The SMILES string of the molecule is [2H]O[C@H]1C(C)[C@@]2(CC)[C@H](C[C@@H](C)[C@]2(OC(=O)c2ccco2)C(=O)C(C)Cl)[C@@H]2CCC3=CC(=O)C(C)=CC3(CC)[C@@]12Cl.[HH].[HH].[HH].[HH].[HH].[HH].[HH].[HH].[HH].[HH].[HH].[HH].[HH].[HH].[HH].[HH].[HH].[HH].[HH].[HH].[HH].[HH].[HH].[HH].[HH].[HH].[HH].[HH].[HH].[HH].[HH].[HH].[HH].[HH].[HH].[HH].[HH].[HH].[HH].[HH].[HH].[HH].[HH].[HH].[HH].[HH].[HH].[HH].[HH].[HH].[HH].[HH].[HH].[HH].[HH].[HH].[HH].[HH].[HH].[HH].[HH].[HH].[HH].[HH].[HH].[HH].[HH].[HH].[HH].[HH].[HH].[HH].[HH].[HH].[HH].[HH].[HH].[HH].[HH].[HH].[HH].[HH].[HH].[HH].[HH].[HH].[HH].[HH].[HH].[HH].[HH].[HH].[HH].[HH].[HH].[HH].[HH].[HH].[HH].[HH].[HH].[HH].[HH].[HH].[HH].[HH].[HH].[HH].[HH].[HH].[HH].[HH].[HH].[HH].[HH].[HH].[HH].[HH].[HH].[HH].[HH].[HH].[HH].[HH].[HH].[HH].[HH].[HH].[HH].[HH].[HH].[HH].[HH].[HH].[HH].[HH].[HH].[HH].[HH].[HH].[HH].[HH].[HH].[HH].[HH].[HH].[HH].[HH].[HH].[HH].[HH].[HH].[HH].[HH].[HH].[HH].[HH].[HH].[HH].[HH].[HH].[HH].[HH].[HH].[HH].[HH].[HH].[HH].[HH].[HH].[HH].[HH].[HH].[HH].[HH].[HH].[HH].[HH].[HH].[HH].[HH].[HH].[HH].[HH].[HH].[HH].[HH].[HH].[HH].[HH].[HH].[HH].[HH].[HH].[HH].[HH]. The number of furan rings is 1. The summed E-state index contributed by atoms with van der Waals surface area (Å²) in [6, 6.07) is 3.12. The van der Waals surface area contributed by atoms with E-state index in [4.69, 9.17) is 38.9 Å². The third-order valence-electron chi connectivity index (χ3n) is 11.3. The van der Waals surface area contributed by atoms with E-state index in [0.717, 1.165) is 5.57 Å². The largest absolute Gasteiger partial charge is 0.457 e. The molecule has 1 N–H and O–H groups in total. The number of Topliss-reactive ketones (excluding diaryl/α,β-unsaturated/α-hetero) is 1. The minimum atomic E-state index is -1.59. The number of esters is 1. The van der Waals surface area contributed by atoms with Crippen LogP contribution in [0.5, 0.6) is 0 Å². The van der Waals surface area contributed by atoms with Gasteiger partial charge >= 0.3 is 5.97 Å². The third-order valence-corrected chi connectivity index (χ3v) is 12.4. The Labute approximate surface area is 539 Å². The number of ketones is 2. The Balaban J connectivity index is -0.000000000544. The fraction of sp³-hybridized carbons (Fsp3) is 0.656. The first kappa shape index (κ1) is 28.2. The van der Waals surface area contributed by atoms with Crippen molar-refractivity contribution in [3.05, 3.63) is 47.5 Å². The molecule has 3 fully saturated rings. The molecular weight excluding hydrogens is 551 g/mol. The summed E-state index contributed by atoms with van der Waals surface area (Å²) in [5.41, 5.74) is -1.59. The molecule has 3 unspecified atom stereocenters. The Hall–Kier alpha value is -1.89. The maximum Gasteiger partial charge on any atom is 0.375 e. The lowest BCUT2D eigenvalue weighted by Crippen LogP contribution is -2.74. The van der Waals surface area contributed by atoms with Crippen LogP contribution in [0.25, 0.3) is 0 Å².